The quantitative estimate of drug-likeness (QED) is 0.470. The van der Waals surface area contributed by atoms with Crippen LogP contribution in [0.1, 0.15) is 29.8 Å². The van der Waals surface area contributed by atoms with Crippen LogP contribution < -0.4 is 14.9 Å². The molecule has 2 rings (SSSR count). The Kier molecular flexibility index (Phi) is 7.34. The minimum Gasteiger partial charge on any atom is -0.350 e. The van der Waals surface area contributed by atoms with Gasteiger partial charge in [-0.2, -0.15) is 0 Å². The molecular formula is C20H24N4O6S. The molecule has 0 aliphatic carbocycles. The third-order valence-corrected chi connectivity index (χ3v) is 5.42. The molecule has 2 aromatic carbocycles. The van der Waals surface area contributed by atoms with Crippen molar-refractivity contribution in [3.8, 4) is 0 Å². The number of carbonyl (C=O) groups is 2. The van der Waals surface area contributed by atoms with E-state index in [-0.39, 0.29) is 40.1 Å². The van der Waals surface area contributed by atoms with Crippen LogP contribution in [0.25, 0.3) is 0 Å². The van der Waals surface area contributed by atoms with Crippen molar-refractivity contribution in [2.75, 3.05) is 22.4 Å². The fraction of sp³-hybridized carbons (Fsp3) is 0.300. The molecule has 0 fully saturated rings. The van der Waals surface area contributed by atoms with E-state index in [0.29, 0.717) is 0 Å². The fourth-order valence-corrected chi connectivity index (χ4v) is 3.82. The zero-order valence-corrected chi connectivity index (χ0v) is 18.4. The number of nitrogens with one attached hydrogen (secondary N) is 2. The highest BCUT2D eigenvalue weighted by Crippen LogP contribution is 2.29. The van der Waals surface area contributed by atoms with Gasteiger partial charge < -0.3 is 10.6 Å². The summed E-state index contributed by atoms with van der Waals surface area (Å²) in [4.78, 5) is 35.6. The summed E-state index contributed by atoms with van der Waals surface area (Å²) < 4.78 is 25.5. The number of hydrogen-bond donors (Lipinski definition) is 2. The summed E-state index contributed by atoms with van der Waals surface area (Å²) in [6.45, 7) is 4.38. The molecule has 2 amide bonds. The topological polar surface area (TPSA) is 139 Å². The molecule has 0 saturated heterocycles. The lowest BCUT2D eigenvalue weighted by molar-refractivity contribution is -0.385. The molecule has 0 saturated carbocycles. The first-order valence-electron chi connectivity index (χ1n) is 9.33. The monoisotopic (exact) mass is 448 g/mol. The van der Waals surface area contributed by atoms with Gasteiger partial charge in [-0.15, -0.1) is 0 Å². The van der Waals surface area contributed by atoms with Crippen molar-refractivity contribution in [1.29, 1.82) is 0 Å². The van der Waals surface area contributed by atoms with Gasteiger partial charge in [-0.1, -0.05) is 18.2 Å². The predicted octanol–water partition coefficient (Wildman–Crippen LogP) is 2.45. The van der Waals surface area contributed by atoms with Gasteiger partial charge >= 0.3 is 0 Å². The molecule has 31 heavy (non-hydrogen) atoms. The fourth-order valence-electron chi connectivity index (χ4n) is 2.91. The highest BCUT2D eigenvalue weighted by atomic mass is 32.2. The zero-order chi connectivity index (χ0) is 23.3. The first-order valence-corrected chi connectivity index (χ1v) is 11.2. The molecule has 10 nitrogen and oxygen atoms in total. The van der Waals surface area contributed by atoms with E-state index >= 15 is 0 Å². The Morgan fingerprint density at radius 1 is 1.13 bits per heavy atom. The van der Waals surface area contributed by atoms with Gasteiger partial charge in [-0.3, -0.25) is 24.0 Å². The molecule has 0 aliphatic rings. The summed E-state index contributed by atoms with van der Waals surface area (Å²) in [5.41, 5.74) is 0.319. The standard InChI is InChI=1S/C20H24N4O6S/c1-13(2)21-20(26)15-8-5-6-9-16(15)22-19(25)12-23(31(4,29)30)17-10-7-11-18(14(17)3)24(27)28/h5-11,13H,12H2,1-4H3,(H,21,26)(H,22,25). The second-order valence-corrected chi connectivity index (χ2v) is 9.08. The maximum Gasteiger partial charge on any atom is 0.274 e. The molecule has 0 unspecified atom stereocenters. The molecule has 2 N–H and O–H groups in total. The minimum atomic E-state index is -3.94. The van der Waals surface area contributed by atoms with Gasteiger partial charge in [0.05, 0.1) is 33.7 Å². The average molecular weight is 449 g/mol. The summed E-state index contributed by atoms with van der Waals surface area (Å²) in [7, 11) is -3.94. The minimum absolute atomic E-state index is 0.0256. The summed E-state index contributed by atoms with van der Waals surface area (Å²) in [6.07, 6.45) is 0.905. The Bertz CT molecular complexity index is 1110. The maximum absolute atomic E-state index is 12.7. The first-order chi connectivity index (χ1) is 14.4. The van der Waals surface area contributed by atoms with Gasteiger partial charge in [-0.05, 0) is 39.0 Å². The van der Waals surface area contributed by atoms with Crippen LogP contribution >= 0.6 is 0 Å². The normalized spacial score (nSPS) is 11.1. The highest BCUT2D eigenvalue weighted by molar-refractivity contribution is 7.92. The van der Waals surface area contributed by atoms with Crippen molar-refractivity contribution in [3.05, 3.63) is 63.7 Å². The third kappa shape index (κ3) is 6.01. The van der Waals surface area contributed by atoms with Crippen molar-refractivity contribution < 1.29 is 22.9 Å². The van der Waals surface area contributed by atoms with E-state index in [1.807, 2.05) is 0 Å². The van der Waals surface area contributed by atoms with Gasteiger partial charge in [0, 0.05) is 12.1 Å². The number of sulfonamides is 1. The second-order valence-electron chi connectivity index (χ2n) is 7.17. The van der Waals surface area contributed by atoms with Crippen molar-refractivity contribution in [2.24, 2.45) is 0 Å². The number of nitro groups is 1. The number of benzene rings is 2. The summed E-state index contributed by atoms with van der Waals surface area (Å²) >= 11 is 0. The van der Waals surface area contributed by atoms with E-state index in [9.17, 15) is 28.1 Å². The molecule has 0 aliphatic heterocycles. The van der Waals surface area contributed by atoms with Crippen molar-refractivity contribution in [1.82, 2.24) is 5.32 Å². The van der Waals surface area contributed by atoms with Crippen LogP contribution in [0.15, 0.2) is 42.5 Å². The predicted molar refractivity (Wildman–Crippen MR) is 118 cm³/mol. The lowest BCUT2D eigenvalue weighted by atomic mass is 10.1. The largest absolute Gasteiger partial charge is 0.350 e. The lowest BCUT2D eigenvalue weighted by Gasteiger charge is -2.23. The van der Waals surface area contributed by atoms with Crippen LogP contribution in [0.4, 0.5) is 17.1 Å². The lowest BCUT2D eigenvalue weighted by Crippen LogP contribution is -2.38. The van der Waals surface area contributed by atoms with Gasteiger partial charge in [0.1, 0.15) is 6.54 Å². The maximum atomic E-state index is 12.7. The van der Waals surface area contributed by atoms with Gasteiger partial charge in [0.15, 0.2) is 0 Å². The molecule has 11 heteroatoms. The van der Waals surface area contributed by atoms with Gasteiger partial charge in [0.2, 0.25) is 15.9 Å². The SMILES string of the molecule is Cc1c(N(CC(=O)Nc2ccccc2C(=O)NC(C)C)S(C)(=O)=O)cccc1[N+](=O)[O-]. The summed E-state index contributed by atoms with van der Waals surface area (Å²) in [5.74, 6) is -1.10. The molecule has 0 atom stereocenters. The Hall–Kier alpha value is -3.47. The molecule has 166 valence electrons. The molecule has 0 bridgehead atoms. The van der Waals surface area contributed by atoms with E-state index in [2.05, 4.69) is 10.6 Å². The molecule has 0 spiro atoms. The van der Waals surface area contributed by atoms with E-state index in [4.69, 9.17) is 0 Å². The molecular weight excluding hydrogens is 424 g/mol. The summed E-state index contributed by atoms with van der Waals surface area (Å²) in [6, 6.07) is 10.2. The number of nitro benzene ring substituents is 1. The average Bonchev–Trinajstić information content (AvgIpc) is 2.65. The van der Waals surface area contributed by atoms with E-state index < -0.39 is 27.4 Å². The van der Waals surface area contributed by atoms with E-state index in [1.165, 1.54) is 37.3 Å². The number of anilines is 2. The first kappa shape index (κ1) is 23.8. The van der Waals surface area contributed by atoms with Crippen molar-refractivity contribution in [3.63, 3.8) is 0 Å². The number of carbonyl (C=O) groups excluding carboxylic acids is 2. The molecule has 0 heterocycles. The zero-order valence-electron chi connectivity index (χ0n) is 17.6. The van der Waals surface area contributed by atoms with Gasteiger partial charge in [-0.25, -0.2) is 8.42 Å². The molecule has 0 aromatic heterocycles. The van der Waals surface area contributed by atoms with Crippen molar-refractivity contribution in [2.45, 2.75) is 26.8 Å². The third-order valence-electron chi connectivity index (χ3n) is 4.30. The number of para-hydroxylation sites is 1. The molecule has 2 aromatic rings. The van der Waals surface area contributed by atoms with Crippen LogP contribution in [0, 0.1) is 17.0 Å². The number of hydrogen-bond acceptors (Lipinski definition) is 6. The number of rotatable bonds is 8. The van der Waals surface area contributed by atoms with Crippen molar-refractivity contribution >= 4 is 38.9 Å². The molecule has 0 radical (unpaired) electrons. The number of amides is 2. The van der Waals surface area contributed by atoms with Crippen LogP contribution in [-0.4, -0.2) is 44.0 Å². The van der Waals surface area contributed by atoms with Crippen LogP contribution in [-0.2, 0) is 14.8 Å². The Balaban J connectivity index is 2.34. The van der Waals surface area contributed by atoms with Crippen LogP contribution in [0.2, 0.25) is 0 Å². The van der Waals surface area contributed by atoms with Crippen LogP contribution in [0.5, 0.6) is 0 Å². The Morgan fingerprint density at radius 3 is 2.35 bits per heavy atom. The highest BCUT2D eigenvalue weighted by Gasteiger charge is 2.26. The smallest absolute Gasteiger partial charge is 0.274 e. The Morgan fingerprint density at radius 2 is 1.77 bits per heavy atom. The summed E-state index contributed by atoms with van der Waals surface area (Å²) in [5, 5.41) is 16.5. The Labute approximate surface area is 180 Å². The second kappa shape index (κ2) is 9.56. The van der Waals surface area contributed by atoms with Gasteiger partial charge in [0.25, 0.3) is 11.6 Å². The number of nitrogens with zero attached hydrogens (tertiary/aromatic N) is 2. The van der Waals surface area contributed by atoms with Crippen LogP contribution in [0.3, 0.4) is 0 Å². The van der Waals surface area contributed by atoms with E-state index in [1.54, 1.807) is 26.0 Å². The van der Waals surface area contributed by atoms with E-state index in [0.717, 1.165) is 10.6 Å².